The Hall–Kier alpha value is -4.82. The molecule has 0 radical (unpaired) electrons. The first kappa shape index (κ1) is 23.1. The van der Waals surface area contributed by atoms with Gasteiger partial charge < -0.3 is 0 Å². The fourth-order valence-electron chi connectivity index (χ4n) is 6.88. The summed E-state index contributed by atoms with van der Waals surface area (Å²) in [6.45, 7) is 8.85. The van der Waals surface area contributed by atoms with E-state index in [0.29, 0.717) is 0 Å². The van der Waals surface area contributed by atoms with Gasteiger partial charge in [0.2, 0.25) is 0 Å². The maximum Gasteiger partial charge on any atom is 0.0789 e. The van der Waals surface area contributed by atoms with Crippen LogP contribution >= 0.6 is 0 Å². The second-order valence-electron chi connectivity index (χ2n) is 11.2. The second-order valence-corrected chi connectivity index (χ2v) is 11.2. The first-order chi connectivity index (χ1) is 19.5. The molecule has 0 spiro atoms. The van der Waals surface area contributed by atoms with Crippen molar-refractivity contribution in [2.24, 2.45) is 0 Å². The predicted octanol–water partition coefficient (Wildman–Crippen LogP) is 10.3. The van der Waals surface area contributed by atoms with Crippen molar-refractivity contribution >= 4 is 64.9 Å². The van der Waals surface area contributed by atoms with Gasteiger partial charge in [-0.25, -0.2) is 0 Å². The summed E-state index contributed by atoms with van der Waals surface area (Å²) in [5.74, 6) is 0. The highest BCUT2D eigenvalue weighted by molar-refractivity contribution is 6.27. The molecule has 0 unspecified atom stereocenters. The van der Waals surface area contributed by atoms with Crippen LogP contribution in [0.2, 0.25) is 0 Å². The highest BCUT2D eigenvalue weighted by Crippen LogP contribution is 2.42. The minimum atomic E-state index is 1.08. The van der Waals surface area contributed by atoms with Crippen molar-refractivity contribution in [3.8, 4) is 11.1 Å². The monoisotopic (exact) mass is 512 g/mol. The van der Waals surface area contributed by atoms with Gasteiger partial charge in [0.1, 0.15) is 0 Å². The molecular weight excluding hydrogens is 484 g/mol. The molecule has 0 bridgehead atoms. The largest absolute Gasteiger partial charge is 0.256 e. The first-order valence-corrected chi connectivity index (χ1v) is 13.9. The highest BCUT2D eigenvalue weighted by Gasteiger charge is 2.17. The molecule has 0 saturated heterocycles. The molecule has 2 aromatic heterocycles. The Morgan fingerprint density at radius 1 is 0.450 bits per heavy atom. The van der Waals surface area contributed by atoms with Gasteiger partial charge in [-0.2, -0.15) is 0 Å². The molecule has 190 valence electrons. The molecule has 2 heterocycles. The van der Waals surface area contributed by atoms with Crippen molar-refractivity contribution in [1.82, 2.24) is 9.97 Å². The van der Waals surface area contributed by atoms with Crippen molar-refractivity contribution in [3.05, 3.63) is 120 Å². The van der Waals surface area contributed by atoms with Gasteiger partial charge in [-0.1, -0.05) is 72.8 Å². The maximum absolute atomic E-state index is 5.01. The van der Waals surface area contributed by atoms with Crippen molar-refractivity contribution in [2.75, 3.05) is 0 Å². The van der Waals surface area contributed by atoms with Gasteiger partial charge in [-0.05, 0) is 106 Å². The summed E-state index contributed by atoms with van der Waals surface area (Å²) >= 11 is 0. The zero-order valence-corrected chi connectivity index (χ0v) is 23.1. The van der Waals surface area contributed by atoms with Crippen LogP contribution in [0.1, 0.15) is 22.3 Å². The summed E-state index contributed by atoms with van der Waals surface area (Å²) in [4.78, 5) is 9.88. The minimum Gasteiger partial charge on any atom is -0.256 e. The van der Waals surface area contributed by atoms with E-state index in [1.54, 1.807) is 0 Å². The Morgan fingerprint density at radius 2 is 1.07 bits per heavy atom. The van der Waals surface area contributed by atoms with Gasteiger partial charge in [0.05, 0.1) is 11.0 Å². The number of aromatic nitrogens is 2. The van der Waals surface area contributed by atoms with E-state index >= 15 is 0 Å². The van der Waals surface area contributed by atoms with Crippen LogP contribution < -0.4 is 0 Å². The molecule has 0 atom stereocenters. The van der Waals surface area contributed by atoms with Crippen LogP contribution in [0.25, 0.3) is 76.0 Å². The molecular formula is C38H28N2. The lowest BCUT2D eigenvalue weighted by Crippen LogP contribution is -1.94. The third kappa shape index (κ3) is 3.05. The van der Waals surface area contributed by atoms with Crippen LogP contribution in [0.4, 0.5) is 0 Å². The standard InChI is InChI=1S/C38H28N2/c1-21-17-18-39-37-32-12-8-6-10-28(32)31-16-15-26(24(4)35(31)34(21)37)25-13-14-29-27-9-5-7-11-30(27)36-23(3)22(2)20-40-38(36)33(29)19-25/h5-20H,1-4H3. The number of benzene rings is 6. The van der Waals surface area contributed by atoms with Crippen LogP contribution in [-0.2, 0) is 0 Å². The minimum absolute atomic E-state index is 1.08. The lowest BCUT2D eigenvalue weighted by molar-refractivity contribution is 1.29. The van der Waals surface area contributed by atoms with Crippen LogP contribution in [0.15, 0.2) is 97.3 Å². The molecule has 0 saturated carbocycles. The van der Waals surface area contributed by atoms with E-state index in [9.17, 15) is 0 Å². The number of pyridine rings is 2. The SMILES string of the molecule is Cc1cnc2c3cc(-c4ccc5c6ccccc6c6nccc(C)c6c5c4C)ccc3c3ccccc3c2c1C. The van der Waals surface area contributed by atoms with E-state index in [-0.39, 0.29) is 0 Å². The van der Waals surface area contributed by atoms with Crippen molar-refractivity contribution < 1.29 is 0 Å². The lowest BCUT2D eigenvalue weighted by atomic mass is 9.87. The molecule has 6 aromatic carbocycles. The average molecular weight is 513 g/mol. The van der Waals surface area contributed by atoms with Crippen LogP contribution in [0.5, 0.6) is 0 Å². The van der Waals surface area contributed by atoms with Crippen molar-refractivity contribution in [3.63, 3.8) is 0 Å². The van der Waals surface area contributed by atoms with E-state index in [1.807, 2.05) is 12.4 Å². The highest BCUT2D eigenvalue weighted by atomic mass is 14.7. The number of hydrogen-bond donors (Lipinski definition) is 0. The number of fused-ring (bicyclic) bond motifs is 12. The molecule has 2 nitrogen and oxygen atoms in total. The Morgan fingerprint density at radius 3 is 1.88 bits per heavy atom. The van der Waals surface area contributed by atoms with Gasteiger partial charge in [0.15, 0.2) is 0 Å². The molecule has 0 fully saturated rings. The average Bonchev–Trinajstić information content (AvgIpc) is 2.99. The fraction of sp³-hybridized carbons (Fsp3) is 0.105. The van der Waals surface area contributed by atoms with Gasteiger partial charge in [0, 0.05) is 33.9 Å². The molecule has 0 aliphatic heterocycles. The Balaban J connectivity index is 1.50. The number of aryl methyl sites for hydroxylation is 4. The van der Waals surface area contributed by atoms with Gasteiger partial charge in [0.25, 0.3) is 0 Å². The quantitative estimate of drug-likeness (QED) is 0.204. The third-order valence-electron chi connectivity index (χ3n) is 9.01. The van der Waals surface area contributed by atoms with E-state index in [4.69, 9.17) is 9.97 Å². The summed E-state index contributed by atoms with van der Waals surface area (Å²) in [5, 5.41) is 12.6. The summed E-state index contributed by atoms with van der Waals surface area (Å²) in [5.41, 5.74) is 9.69. The molecule has 0 aliphatic carbocycles. The summed E-state index contributed by atoms with van der Waals surface area (Å²) in [6.07, 6.45) is 3.96. The van der Waals surface area contributed by atoms with Gasteiger partial charge in [-0.15, -0.1) is 0 Å². The summed E-state index contributed by atoms with van der Waals surface area (Å²) in [6, 6.07) is 31.1. The van der Waals surface area contributed by atoms with E-state index in [2.05, 4.69) is 113 Å². The van der Waals surface area contributed by atoms with Gasteiger partial charge >= 0.3 is 0 Å². The number of nitrogens with zero attached hydrogens (tertiary/aromatic N) is 2. The maximum atomic E-state index is 5.01. The summed E-state index contributed by atoms with van der Waals surface area (Å²) in [7, 11) is 0. The molecule has 40 heavy (non-hydrogen) atoms. The molecule has 2 heteroatoms. The molecule has 8 rings (SSSR count). The molecule has 0 N–H and O–H groups in total. The predicted molar refractivity (Wildman–Crippen MR) is 171 cm³/mol. The van der Waals surface area contributed by atoms with E-state index < -0.39 is 0 Å². The normalized spacial score (nSPS) is 12.0. The van der Waals surface area contributed by atoms with E-state index in [1.165, 1.54) is 87.2 Å². The molecule has 0 amide bonds. The molecule has 0 aliphatic rings. The number of rotatable bonds is 1. The van der Waals surface area contributed by atoms with Gasteiger partial charge in [-0.3, -0.25) is 9.97 Å². The van der Waals surface area contributed by atoms with Crippen molar-refractivity contribution in [2.45, 2.75) is 27.7 Å². The first-order valence-electron chi connectivity index (χ1n) is 13.9. The van der Waals surface area contributed by atoms with Crippen LogP contribution in [0, 0.1) is 27.7 Å². The zero-order chi connectivity index (χ0) is 27.1. The van der Waals surface area contributed by atoms with Crippen LogP contribution in [-0.4, -0.2) is 9.97 Å². The topological polar surface area (TPSA) is 25.8 Å². The Kier molecular flexibility index (Phi) is 4.82. The van der Waals surface area contributed by atoms with Crippen molar-refractivity contribution in [1.29, 1.82) is 0 Å². The lowest BCUT2D eigenvalue weighted by Gasteiger charge is -2.17. The second kappa shape index (κ2) is 8.34. The Bertz CT molecular complexity index is 2360. The smallest absolute Gasteiger partial charge is 0.0789 e. The zero-order valence-electron chi connectivity index (χ0n) is 23.1. The Labute approximate surface area is 232 Å². The van der Waals surface area contributed by atoms with E-state index in [0.717, 1.165) is 11.0 Å². The summed E-state index contributed by atoms with van der Waals surface area (Å²) < 4.78 is 0. The number of hydrogen-bond acceptors (Lipinski definition) is 2. The third-order valence-corrected chi connectivity index (χ3v) is 9.01. The fourth-order valence-corrected chi connectivity index (χ4v) is 6.88. The van der Waals surface area contributed by atoms with Crippen LogP contribution in [0.3, 0.4) is 0 Å². The molecule has 8 aromatic rings.